The molecule has 0 saturated carbocycles. The van der Waals surface area contributed by atoms with Crippen molar-refractivity contribution in [2.45, 2.75) is 20.4 Å². The number of nitriles is 1. The van der Waals surface area contributed by atoms with Gasteiger partial charge in [0.2, 0.25) is 0 Å². The molecule has 3 aromatic carbocycles. The molecule has 6 heteroatoms. The monoisotopic (exact) mass is 476 g/mol. The van der Waals surface area contributed by atoms with Crippen LogP contribution in [0.5, 0.6) is 0 Å². The summed E-state index contributed by atoms with van der Waals surface area (Å²) < 4.78 is 2.17. The lowest BCUT2D eigenvalue weighted by molar-refractivity contribution is -0.114. The molecule has 1 aromatic heterocycles. The first kappa shape index (κ1) is 22.6. The zero-order valence-corrected chi connectivity index (χ0v) is 20.6. The van der Waals surface area contributed by atoms with Crippen LogP contribution in [-0.4, -0.2) is 27.5 Å². The van der Waals surface area contributed by atoms with Crippen molar-refractivity contribution in [1.82, 2.24) is 9.47 Å². The Hall–Kier alpha value is -4.21. The van der Waals surface area contributed by atoms with Gasteiger partial charge >= 0.3 is 0 Å². The van der Waals surface area contributed by atoms with Gasteiger partial charge in [0.05, 0.1) is 17.3 Å². The Morgan fingerprint density at radius 2 is 1.74 bits per heavy atom. The van der Waals surface area contributed by atoms with Crippen LogP contribution in [0.15, 0.2) is 78.6 Å². The highest BCUT2D eigenvalue weighted by molar-refractivity contribution is 7.80. The number of hydrogen-bond acceptors (Lipinski definition) is 3. The second-order valence-electron chi connectivity index (χ2n) is 8.82. The lowest BCUT2D eigenvalue weighted by atomic mass is 10.1. The third-order valence-corrected chi connectivity index (χ3v) is 7.01. The molecule has 1 fully saturated rings. The molecular formula is C29H24N4OS. The number of thiocarbonyl (C=S) groups is 1. The number of amides is 1. The highest BCUT2D eigenvalue weighted by atomic mass is 32.1. The number of likely N-dealkylation sites (N-methyl/N-ethyl adjacent to an activating group) is 1. The molecule has 0 unspecified atom stereocenters. The van der Waals surface area contributed by atoms with Crippen molar-refractivity contribution in [2.75, 3.05) is 11.9 Å². The van der Waals surface area contributed by atoms with Crippen molar-refractivity contribution in [3.05, 3.63) is 106 Å². The summed E-state index contributed by atoms with van der Waals surface area (Å²) in [5.41, 5.74) is 7.37. The largest absolute Gasteiger partial charge is 0.342 e. The molecule has 0 bridgehead atoms. The first-order valence-corrected chi connectivity index (χ1v) is 11.8. The second-order valence-corrected chi connectivity index (χ2v) is 9.18. The lowest BCUT2D eigenvalue weighted by Gasteiger charge is -2.17. The van der Waals surface area contributed by atoms with Gasteiger partial charge in [-0.05, 0) is 79.2 Å². The zero-order valence-electron chi connectivity index (χ0n) is 19.8. The number of nitrogens with zero attached hydrogens (tertiary/aromatic N) is 4. The fourth-order valence-corrected chi connectivity index (χ4v) is 4.69. The Balaban J connectivity index is 1.54. The van der Waals surface area contributed by atoms with Crippen molar-refractivity contribution >= 4 is 45.9 Å². The number of hydrogen-bond donors (Lipinski definition) is 0. The van der Waals surface area contributed by atoms with Crippen molar-refractivity contribution in [2.24, 2.45) is 0 Å². The molecular weight excluding hydrogens is 452 g/mol. The summed E-state index contributed by atoms with van der Waals surface area (Å²) in [5.74, 6) is -0.135. The molecule has 0 radical (unpaired) electrons. The van der Waals surface area contributed by atoms with Crippen molar-refractivity contribution in [3.8, 4) is 6.07 Å². The van der Waals surface area contributed by atoms with Gasteiger partial charge in [0.25, 0.3) is 5.91 Å². The number of para-hydroxylation sites is 1. The first-order valence-electron chi connectivity index (χ1n) is 11.4. The SMILES string of the molecule is Cc1ccc(N2C(=O)/C(=C/c3cn(Cc4ccc(C#N)cc4)c4ccccc34)N(C)C2=S)cc1C. The number of aromatic nitrogens is 1. The van der Waals surface area contributed by atoms with E-state index in [2.05, 4.69) is 29.0 Å². The third kappa shape index (κ3) is 4.01. The van der Waals surface area contributed by atoms with E-state index in [0.29, 0.717) is 22.9 Å². The van der Waals surface area contributed by atoms with Crippen LogP contribution in [0.3, 0.4) is 0 Å². The van der Waals surface area contributed by atoms with Gasteiger partial charge in [-0.25, -0.2) is 0 Å². The average molecular weight is 477 g/mol. The number of carbonyl (C=O) groups is 1. The molecule has 5 nitrogen and oxygen atoms in total. The summed E-state index contributed by atoms with van der Waals surface area (Å²) in [6.45, 7) is 4.74. The minimum Gasteiger partial charge on any atom is -0.342 e. The molecule has 0 aliphatic carbocycles. The van der Waals surface area contributed by atoms with Gasteiger partial charge in [-0.15, -0.1) is 0 Å². The highest BCUT2D eigenvalue weighted by Crippen LogP contribution is 2.31. The van der Waals surface area contributed by atoms with Crippen LogP contribution in [0.4, 0.5) is 5.69 Å². The molecule has 0 atom stereocenters. The molecule has 0 N–H and O–H groups in total. The molecule has 35 heavy (non-hydrogen) atoms. The molecule has 4 aromatic rings. The van der Waals surface area contributed by atoms with Crippen molar-refractivity contribution in [1.29, 1.82) is 5.26 Å². The minimum absolute atomic E-state index is 0.135. The lowest BCUT2D eigenvalue weighted by Crippen LogP contribution is -2.31. The summed E-state index contributed by atoms with van der Waals surface area (Å²) in [7, 11) is 1.84. The highest BCUT2D eigenvalue weighted by Gasteiger charge is 2.37. The fraction of sp³-hybridized carbons (Fsp3) is 0.138. The van der Waals surface area contributed by atoms with E-state index in [9.17, 15) is 4.79 Å². The van der Waals surface area contributed by atoms with Crippen LogP contribution in [0.2, 0.25) is 0 Å². The minimum atomic E-state index is -0.135. The van der Waals surface area contributed by atoms with Gasteiger partial charge in [-0.1, -0.05) is 36.4 Å². The fourth-order valence-electron chi connectivity index (χ4n) is 4.40. The number of fused-ring (bicyclic) bond motifs is 1. The van der Waals surface area contributed by atoms with Crippen molar-refractivity contribution in [3.63, 3.8) is 0 Å². The first-order chi connectivity index (χ1) is 16.9. The zero-order chi connectivity index (χ0) is 24.7. The van der Waals surface area contributed by atoms with E-state index in [1.807, 2.05) is 81.6 Å². The van der Waals surface area contributed by atoms with Crippen LogP contribution in [-0.2, 0) is 11.3 Å². The van der Waals surface area contributed by atoms with Crippen LogP contribution < -0.4 is 4.90 Å². The van der Waals surface area contributed by atoms with Gasteiger partial charge < -0.3 is 9.47 Å². The van der Waals surface area contributed by atoms with Gasteiger partial charge in [0.15, 0.2) is 5.11 Å². The Morgan fingerprint density at radius 1 is 1.00 bits per heavy atom. The normalized spacial score (nSPS) is 14.9. The Bertz CT molecular complexity index is 1560. The smallest absolute Gasteiger partial charge is 0.281 e. The summed E-state index contributed by atoms with van der Waals surface area (Å²) in [6.07, 6.45) is 3.99. The molecule has 0 spiro atoms. The Kier molecular flexibility index (Phi) is 5.72. The Labute approximate surface area is 210 Å². The standard InChI is InChI=1S/C29H24N4OS/c1-19-8-13-24(14-20(19)2)33-28(34)27(31(3)29(33)35)15-23-18-32(26-7-5-4-6-25(23)26)17-22-11-9-21(16-30)10-12-22/h4-15,18H,17H2,1-3H3/b27-15-. The molecule has 1 aliphatic heterocycles. The van der Waals surface area contributed by atoms with E-state index < -0.39 is 0 Å². The van der Waals surface area contributed by atoms with E-state index >= 15 is 0 Å². The van der Waals surface area contributed by atoms with Gasteiger partial charge in [-0.3, -0.25) is 9.69 Å². The number of benzene rings is 3. The summed E-state index contributed by atoms with van der Waals surface area (Å²) in [5, 5.41) is 10.6. The third-order valence-electron chi connectivity index (χ3n) is 6.56. The van der Waals surface area contributed by atoms with Crippen molar-refractivity contribution < 1.29 is 4.79 Å². The average Bonchev–Trinajstić information content (AvgIpc) is 3.31. The molecule has 5 rings (SSSR count). The summed E-state index contributed by atoms with van der Waals surface area (Å²) in [6, 6.07) is 23.9. The summed E-state index contributed by atoms with van der Waals surface area (Å²) >= 11 is 5.66. The molecule has 2 heterocycles. The van der Waals surface area contributed by atoms with E-state index in [1.54, 1.807) is 9.80 Å². The number of aryl methyl sites for hydroxylation is 2. The number of carbonyl (C=O) groups excluding carboxylic acids is 1. The van der Waals surface area contributed by atoms with Crippen LogP contribution >= 0.6 is 12.2 Å². The second kappa shape index (κ2) is 8.86. The van der Waals surface area contributed by atoms with Crippen LogP contribution in [0, 0.1) is 25.2 Å². The van der Waals surface area contributed by atoms with E-state index in [1.165, 1.54) is 5.56 Å². The van der Waals surface area contributed by atoms with Crippen LogP contribution in [0.1, 0.15) is 27.8 Å². The quantitative estimate of drug-likeness (QED) is 0.277. The maximum atomic E-state index is 13.5. The van der Waals surface area contributed by atoms with E-state index in [-0.39, 0.29) is 5.91 Å². The number of anilines is 1. The maximum Gasteiger partial charge on any atom is 0.281 e. The van der Waals surface area contributed by atoms with Gasteiger partial charge in [0, 0.05) is 36.3 Å². The predicted octanol–water partition coefficient (Wildman–Crippen LogP) is 5.78. The Morgan fingerprint density at radius 3 is 2.46 bits per heavy atom. The van der Waals surface area contributed by atoms with Gasteiger partial charge in [0.1, 0.15) is 5.70 Å². The van der Waals surface area contributed by atoms with Gasteiger partial charge in [-0.2, -0.15) is 5.26 Å². The summed E-state index contributed by atoms with van der Waals surface area (Å²) in [4.78, 5) is 16.9. The van der Waals surface area contributed by atoms with E-state index in [0.717, 1.165) is 33.3 Å². The molecule has 1 aliphatic rings. The number of rotatable bonds is 4. The topological polar surface area (TPSA) is 52.3 Å². The molecule has 1 amide bonds. The molecule has 1 saturated heterocycles. The molecule has 172 valence electrons. The predicted molar refractivity (Wildman–Crippen MR) is 144 cm³/mol. The van der Waals surface area contributed by atoms with E-state index in [4.69, 9.17) is 17.5 Å². The maximum absolute atomic E-state index is 13.5. The van der Waals surface area contributed by atoms with Crippen LogP contribution in [0.25, 0.3) is 17.0 Å².